The minimum atomic E-state index is -1.23. The fourth-order valence-electron chi connectivity index (χ4n) is 4.81. The van der Waals surface area contributed by atoms with Crippen LogP contribution >= 0.6 is 0 Å². The Morgan fingerprint density at radius 1 is 1.00 bits per heavy atom. The first-order valence-electron chi connectivity index (χ1n) is 14.6. The molecule has 0 aromatic carbocycles. The summed E-state index contributed by atoms with van der Waals surface area (Å²) in [4.78, 5) is 20.2. The van der Waals surface area contributed by atoms with Crippen LogP contribution in [0.15, 0.2) is 24.7 Å². The molecule has 0 atom stereocenters. The summed E-state index contributed by atoms with van der Waals surface area (Å²) in [5.41, 5.74) is 3.55. The molecule has 1 amide bonds. The van der Waals surface area contributed by atoms with Gasteiger partial charge in [-0.05, 0) is 24.9 Å². The first-order chi connectivity index (χ1) is 19.3. The lowest BCUT2D eigenvalue weighted by atomic mass is 9.93. The minimum absolute atomic E-state index is 0.147. The molecule has 1 aliphatic heterocycles. The van der Waals surface area contributed by atoms with Gasteiger partial charge < -0.3 is 24.4 Å². The average Bonchev–Trinajstić information content (AvgIpc) is 3.52. The second-order valence-electron chi connectivity index (χ2n) is 13.5. The van der Waals surface area contributed by atoms with E-state index >= 15 is 0 Å². The zero-order chi connectivity index (χ0) is 29.8. The predicted octanol–water partition coefficient (Wildman–Crippen LogP) is 5.42. The largest absolute Gasteiger partial charge is 0.465 e. The number of piperidine rings is 1. The maximum Gasteiger partial charge on any atom is 0.407 e. The number of anilines is 1. The summed E-state index contributed by atoms with van der Waals surface area (Å²) in [5, 5.41) is 18.6. The van der Waals surface area contributed by atoms with Gasteiger partial charge in [0, 0.05) is 84.5 Å². The number of hydrogen-bond donors (Lipinski definition) is 1. The lowest BCUT2D eigenvalue weighted by Crippen LogP contribution is -2.37. The second kappa shape index (κ2) is 13.1. The number of nitrogens with zero attached hydrogens (tertiary/aromatic N) is 7. The third-order valence-corrected chi connectivity index (χ3v) is 10.9. The maximum absolute atomic E-state index is 11.5. The summed E-state index contributed by atoms with van der Waals surface area (Å²) in [6, 6.07) is 4.27. The van der Waals surface area contributed by atoms with E-state index in [2.05, 4.69) is 55.3 Å². The molecule has 41 heavy (non-hydrogen) atoms. The molecule has 3 aromatic heterocycles. The van der Waals surface area contributed by atoms with E-state index in [1.807, 2.05) is 30.2 Å². The van der Waals surface area contributed by atoms with Gasteiger partial charge in [0.25, 0.3) is 0 Å². The Balaban J connectivity index is 1.69. The molecule has 1 N–H and O–H groups in total. The summed E-state index contributed by atoms with van der Waals surface area (Å²) in [7, 11) is -0.571. The van der Waals surface area contributed by atoms with E-state index in [9.17, 15) is 9.90 Å². The van der Waals surface area contributed by atoms with Gasteiger partial charge in [-0.3, -0.25) is 4.68 Å². The molecular formula is C28H47N7O4Si2. The molecule has 3 aromatic rings. The van der Waals surface area contributed by atoms with Crippen LogP contribution in [0, 0.1) is 0 Å². The molecule has 13 heteroatoms. The molecule has 0 bridgehead atoms. The molecule has 0 saturated carbocycles. The highest BCUT2D eigenvalue weighted by molar-refractivity contribution is 6.76. The molecule has 1 saturated heterocycles. The maximum atomic E-state index is 11.5. The number of aromatic nitrogens is 5. The molecule has 4 heterocycles. The van der Waals surface area contributed by atoms with E-state index in [1.165, 1.54) is 4.90 Å². The molecule has 11 nitrogen and oxygen atoms in total. The van der Waals surface area contributed by atoms with Crippen molar-refractivity contribution in [1.29, 1.82) is 0 Å². The number of amides is 1. The summed E-state index contributed by atoms with van der Waals surface area (Å²) < 4.78 is 16.1. The standard InChI is InChI=1S/C28H47N7O4Si2/c1-32-19-23(17-29-32)24-18-30-35-26(16-25(31-27(24)35)22-8-10-33(11-9-22)28(36)37)34(20-38-12-14-40(2,3)4)21-39-13-15-41(5,6)7/h16-19,22H,8-15,20-21H2,1-7H3,(H,36,37). The molecule has 0 aliphatic carbocycles. The number of rotatable bonds is 13. The van der Waals surface area contributed by atoms with Crippen molar-refractivity contribution >= 4 is 33.7 Å². The third-order valence-electron chi connectivity index (χ3n) is 7.48. The van der Waals surface area contributed by atoms with E-state index in [4.69, 9.17) is 19.6 Å². The average molecular weight is 602 g/mol. The number of carbonyl (C=O) groups is 1. The van der Waals surface area contributed by atoms with Crippen LogP contribution in [0.1, 0.15) is 24.5 Å². The lowest BCUT2D eigenvalue weighted by Gasteiger charge is -2.31. The van der Waals surface area contributed by atoms with Gasteiger partial charge in [0.1, 0.15) is 19.3 Å². The Morgan fingerprint density at radius 3 is 2.12 bits per heavy atom. The first kappa shape index (κ1) is 31.2. The van der Waals surface area contributed by atoms with Crippen LogP contribution in [0.25, 0.3) is 16.8 Å². The summed E-state index contributed by atoms with van der Waals surface area (Å²) in [5.74, 6) is 1.01. The lowest BCUT2D eigenvalue weighted by molar-refractivity contribution is 0.0942. The van der Waals surface area contributed by atoms with Crippen molar-refractivity contribution in [3.63, 3.8) is 0 Å². The second-order valence-corrected chi connectivity index (χ2v) is 24.8. The van der Waals surface area contributed by atoms with Gasteiger partial charge in [-0.15, -0.1) is 0 Å². The van der Waals surface area contributed by atoms with Crippen LogP contribution in [-0.4, -0.2) is 96.4 Å². The van der Waals surface area contributed by atoms with Crippen molar-refractivity contribution in [2.24, 2.45) is 7.05 Å². The van der Waals surface area contributed by atoms with Crippen LogP contribution in [0.3, 0.4) is 0 Å². The van der Waals surface area contributed by atoms with Crippen LogP contribution in [0.4, 0.5) is 10.6 Å². The summed E-state index contributed by atoms with van der Waals surface area (Å²) >= 11 is 0. The third kappa shape index (κ3) is 8.63. The highest BCUT2D eigenvalue weighted by Crippen LogP contribution is 2.33. The van der Waals surface area contributed by atoms with E-state index in [1.54, 1.807) is 4.68 Å². The molecule has 0 unspecified atom stereocenters. The van der Waals surface area contributed by atoms with Crippen LogP contribution < -0.4 is 4.90 Å². The monoisotopic (exact) mass is 601 g/mol. The van der Waals surface area contributed by atoms with Gasteiger partial charge >= 0.3 is 6.09 Å². The highest BCUT2D eigenvalue weighted by Gasteiger charge is 2.27. The van der Waals surface area contributed by atoms with Gasteiger partial charge in [0.05, 0.1) is 12.4 Å². The van der Waals surface area contributed by atoms with Crippen molar-refractivity contribution in [2.45, 2.75) is 70.1 Å². The summed E-state index contributed by atoms with van der Waals surface area (Å²) in [6.45, 7) is 17.3. The molecule has 0 radical (unpaired) electrons. The van der Waals surface area contributed by atoms with Gasteiger partial charge in [0.15, 0.2) is 5.65 Å². The SMILES string of the molecule is Cn1cc(-c2cnn3c(N(COCC[Si](C)(C)C)COCC[Si](C)(C)C)cc(C4CCN(C(=O)O)CC4)nc23)cn1. The van der Waals surface area contributed by atoms with Crippen molar-refractivity contribution in [3.8, 4) is 11.1 Å². The zero-order valence-corrected chi connectivity index (χ0v) is 27.8. The minimum Gasteiger partial charge on any atom is -0.465 e. The van der Waals surface area contributed by atoms with E-state index < -0.39 is 22.2 Å². The Kier molecular flexibility index (Phi) is 9.93. The molecule has 4 rings (SSSR count). The molecule has 1 aliphatic rings. The number of aryl methyl sites for hydroxylation is 1. The topological polar surface area (TPSA) is 110 Å². The first-order valence-corrected chi connectivity index (χ1v) is 22.0. The van der Waals surface area contributed by atoms with E-state index in [0.717, 1.165) is 53.2 Å². The fraction of sp³-hybridized carbons (Fsp3) is 0.643. The van der Waals surface area contributed by atoms with Crippen molar-refractivity contribution in [2.75, 3.05) is 44.7 Å². The van der Waals surface area contributed by atoms with Crippen LogP contribution in [-0.2, 0) is 16.5 Å². The predicted molar refractivity (Wildman–Crippen MR) is 167 cm³/mol. The zero-order valence-electron chi connectivity index (χ0n) is 25.8. The molecular weight excluding hydrogens is 555 g/mol. The van der Waals surface area contributed by atoms with Gasteiger partial charge in [-0.2, -0.15) is 14.7 Å². The van der Waals surface area contributed by atoms with E-state index in [0.29, 0.717) is 39.8 Å². The van der Waals surface area contributed by atoms with Crippen molar-refractivity contribution in [1.82, 2.24) is 29.3 Å². The quantitative estimate of drug-likeness (QED) is 0.157. The summed E-state index contributed by atoms with van der Waals surface area (Å²) in [6.07, 6.45) is 6.23. The molecule has 226 valence electrons. The van der Waals surface area contributed by atoms with Crippen molar-refractivity contribution < 1.29 is 19.4 Å². The Hall–Kier alpha value is -2.75. The highest BCUT2D eigenvalue weighted by atomic mass is 28.3. The van der Waals surface area contributed by atoms with Crippen molar-refractivity contribution in [3.05, 3.63) is 30.4 Å². The number of hydrogen-bond acceptors (Lipinski definition) is 7. The Morgan fingerprint density at radius 2 is 1.61 bits per heavy atom. The van der Waals surface area contributed by atoms with Gasteiger partial charge in [0.2, 0.25) is 0 Å². The number of carboxylic acid groups (broad SMARTS) is 1. The van der Waals surface area contributed by atoms with Gasteiger partial charge in [-0.1, -0.05) is 39.3 Å². The molecule has 1 fully saturated rings. The fourth-order valence-corrected chi connectivity index (χ4v) is 6.32. The molecule has 0 spiro atoms. The van der Waals surface area contributed by atoms with E-state index in [-0.39, 0.29) is 5.92 Å². The number of ether oxygens (including phenoxy) is 2. The normalized spacial score (nSPS) is 15.1. The smallest absolute Gasteiger partial charge is 0.407 e. The number of likely N-dealkylation sites (tertiary alicyclic amines) is 1. The Bertz CT molecular complexity index is 1280. The van der Waals surface area contributed by atoms with Crippen LogP contribution in [0.5, 0.6) is 0 Å². The van der Waals surface area contributed by atoms with Crippen LogP contribution in [0.2, 0.25) is 51.4 Å². The van der Waals surface area contributed by atoms with Gasteiger partial charge in [-0.25, -0.2) is 9.78 Å². The number of fused-ring (bicyclic) bond motifs is 1. The Labute approximate surface area is 245 Å².